The van der Waals surface area contributed by atoms with Gasteiger partial charge in [-0.25, -0.2) is 4.98 Å². The largest absolute Gasteiger partial charge is 0.378 e. The van der Waals surface area contributed by atoms with Crippen molar-refractivity contribution < 1.29 is 4.74 Å². The number of ether oxygens (including phenoxy) is 1. The standard InChI is InChI=1S/C15H26N6O/c1-12(2)20(3)8-6-5-7-16-14-9-13(10-22-4)19-15-17-11-18-21(14)15/h9,11-12,16H,5-8,10H2,1-4H3. The molecule has 2 rings (SSSR count). The molecule has 0 atom stereocenters. The van der Waals surface area contributed by atoms with E-state index in [1.807, 2.05) is 6.07 Å². The number of methoxy groups -OCH3 is 1. The molecule has 0 aliphatic rings. The molecule has 22 heavy (non-hydrogen) atoms. The predicted molar refractivity (Wildman–Crippen MR) is 87.0 cm³/mol. The molecule has 7 nitrogen and oxygen atoms in total. The van der Waals surface area contributed by atoms with Crippen LogP contribution in [0.25, 0.3) is 5.78 Å². The number of nitrogens with one attached hydrogen (secondary N) is 1. The Balaban J connectivity index is 1.89. The molecule has 0 amide bonds. The number of rotatable bonds is 9. The zero-order valence-corrected chi connectivity index (χ0v) is 13.9. The molecule has 0 aliphatic carbocycles. The molecular weight excluding hydrogens is 280 g/mol. The van der Waals surface area contributed by atoms with Gasteiger partial charge in [-0.05, 0) is 40.3 Å². The summed E-state index contributed by atoms with van der Waals surface area (Å²) in [6.07, 6.45) is 3.79. The zero-order chi connectivity index (χ0) is 15.9. The van der Waals surface area contributed by atoms with Crippen molar-refractivity contribution in [2.45, 2.75) is 39.3 Å². The van der Waals surface area contributed by atoms with Crippen LogP contribution in [0.3, 0.4) is 0 Å². The maximum atomic E-state index is 5.15. The van der Waals surface area contributed by atoms with E-state index >= 15 is 0 Å². The lowest BCUT2D eigenvalue weighted by Crippen LogP contribution is -2.27. The predicted octanol–water partition coefficient (Wildman–Crippen LogP) is 1.80. The van der Waals surface area contributed by atoms with Crippen LogP contribution in [-0.2, 0) is 11.3 Å². The van der Waals surface area contributed by atoms with Gasteiger partial charge in [-0.2, -0.15) is 14.6 Å². The number of fused-ring (bicyclic) bond motifs is 1. The van der Waals surface area contributed by atoms with Gasteiger partial charge in [0.1, 0.15) is 12.1 Å². The maximum absolute atomic E-state index is 5.15. The zero-order valence-electron chi connectivity index (χ0n) is 13.9. The van der Waals surface area contributed by atoms with E-state index in [9.17, 15) is 0 Å². The smallest absolute Gasteiger partial charge is 0.254 e. The van der Waals surface area contributed by atoms with Gasteiger partial charge in [0.25, 0.3) is 5.78 Å². The van der Waals surface area contributed by atoms with E-state index in [0.717, 1.165) is 37.4 Å². The summed E-state index contributed by atoms with van der Waals surface area (Å²) >= 11 is 0. The van der Waals surface area contributed by atoms with Crippen LogP contribution in [0.4, 0.5) is 5.82 Å². The number of unbranched alkanes of at least 4 members (excludes halogenated alkanes) is 1. The van der Waals surface area contributed by atoms with E-state index in [2.05, 4.69) is 46.2 Å². The monoisotopic (exact) mass is 306 g/mol. The summed E-state index contributed by atoms with van der Waals surface area (Å²) in [6.45, 7) is 6.92. The third kappa shape index (κ3) is 4.38. The fourth-order valence-electron chi connectivity index (χ4n) is 2.17. The number of hydrogen-bond acceptors (Lipinski definition) is 6. The highest BCUT2D eigenvalue weighted by molar-refractivity contribution is 5.44. The SMILES string of the molecule is COCc1cc(NCCCCN(C)C(C)C)n2ncnc2n1. The van der Waals surface area contributed by atoms with E-state index in [1.165, 1.54) is 6.33 Å². The van der Waals surface area contributed by atoms with Crippen molar-refractivity contribution in [1.82, 2.24) is 24.5 Å². The van der Waals surface area contributed by atoms with E-state index < -0.39 is 0 Å². The van der Waals surface area contributed by atoms with Gasteiger partial charge >= 0.3 is 0 Å². The summed E-state index contributed by atoms with van der Waals surface area (Å²) < 4.78 is 6.87. The summed E-state index contributed by atoms with van der Waals surface area (Å²) in [7, 11) is 3.82. The normalized spacial score (nSPS) is 11.7. The van der Waals surface area contributed by atoms with Gasteiger partial charge in [-0.1, -0.05) is 0 Å². The highest BCUT2D eigenvalue weighted by atomic mass is 16.5. The first-order valence-corrected chi connectivity index (χ1v) is 7.74. The molecule has 0 saturated carbocycles. The molecule has 7 heteroatoms. The number of nitrogens with zero attached hydrogens (tertiary/aromatic N) is 5. The second-order valence-electron chi connectivity index (χ2n) is 5.75. The molecule has 0 radical (unpaired) electrons. The number of anilines is 1. The second kappa shape index (κ2) is 8.05. The van der Waals surface area contributed by atoms with Gasteiger partial charge in [0, 0.05) is 25.8 Å². The lowest BCUT2D eigenvalue weighted by Gasteiger charge is -2.20. The fraction of sp³-hybridized carbons (Fsp3) is 0.667. The quantitative estimate of drug-likeness (QED) is 0.713. The van der Waals surface area contributed by atoms with Gasteiger partial charge in [-0.15, -0.1) is 0 Å². The molecule has 0 bridgehead atoms. The van der Waals surface area contributed by atoms with E-state index in [4.69, 9.17) is 4.74 Å². The molecule has 2 aromatic heterocycles. The van der Waals surface area contributed by atoms with Gasteiger partial charge in [0.2, 0.25) is 0 Å². The van der Waals surface area contributed by atoms with Crippen LogP contribution in [0, 0.1) is 0 Å². The summed E-state index contributed by atoms with van der Waals surface area (Å²) in [6, 6.07) is 2.56. The van der Waals surface area contributed by atoms with Crippen LogP contribution in [0.2, 0.25) is 0 Å². The molecule has 0 unspecified atom stereocenters. The molecule has 1 N–H and O–H groups in total. The van der Waals surface area contributed by atoms with Gasteiger partial charge in [0.05, 0.1) is 12.3 Å². The summed E-state index contributed by atoms with van der Waals surface area (Å²) in [5.74, 6) is 1.50. The first-order chi connectivity index (χ1) is 10.6. The van der Waals surface area contributed by atoms with Crippen molar-refractivity contribution in [1.29, 1.82) is 0 Å². The first kappa shape index (κ1) is 16.6. The van der Waals surface area contributed by atoms with Gasteiger partial charge in [-0.3, -0.25) is 0 Å². The topological polar surface area (TPSA) is 67.6 Å². The van der Waals surface area contributed by atoms with Gasteiger partial charge in [0.15, 0.2) is 0 Å². The van der Waals surface area contributed by atoms with Crippen molar-refractivity contribution in [3.8, 4) is 0 Å². The Bertz CT molecular complexity index is 582. The molecule has 2 heterocycles. The molecule has 0 saturated heterocycles. The van der Waals surface area contributed by atoms with Gasteiger partial charge < -0.3 is 15.0 Å². The molecule has 122 valence electrons. The summed E-state index contributed by atoms with van der Waals surface area (Å²) in [5, 5.41) is 7.62. The van der Waals surface area contributed by atoms with Crippen LogP contribution in [0.15, 0.2) is 12.4 Å². The van der Waals surface area contributed by atoms with Crippen LogP contribution in [-0.4, -0.2) is 57.8 Å². The molecule has 0 spiro atoms. The molecule has 0 aliphatic heterocycles. The van der Waals surface area contributed by atoms with Crippen molar-refractivity contribution in [3.63, 3.8) is 0 Å². The van der Waals surface area contributed by atoms with Crippen LogP contribution >= 0.6 is 0 Å². The molecular formula is C15H26N6O. The van der Waals surface area contributed by atoms with E-state index in [1.54, 1.807) is 11.6 Å². The first-order valence-electron chi connectivity index (χ1n) is 7.74. The molecule has 0 fully saturated rings. The lowest BCUT2D eigenvalue weighted by atomic mass is 10.2. The minimum Gasteiger partial charge on any atom is -0.378 e. The number of hydrogen-bond donors (Lipinski definition) is 1. The van der Waals surface area contributed by atoms with Crippen LogP contribution in [0.5, 0.6) is 0 Å². The van der Waals surface area contributed by atoms with E-state index in [-0.39, 0.29) is 0 Å². The average molecular weight is 306 g/mol. The Hall–Kier alpha value is -1.73. The van der Waals surface area contributed by atoms with Crippen molar-refractivity contribution >= 4 is 11.6 Å². The highest BCUT2D eigenvalue weighted by Crippen LogP contribution is 2.11. The second-order valence-corrected chi connectivity index (χ2v) is 5.75. The van der Waals surface area contributed by atoms with E-state index in [0.29, 0.717) is 18.4 Å². The van der Waals surface area contributed by atoms with Crippen molar-refractivity contribution in [2.24, 2.45) is 0 Å². The fourth-order valence-corrected chi connectivity index (χ4v) is 2.17. The average Bonchev–Trinajstić information content (AvgIpc) is 2.95. The highest BCUT2D eigenvalue weighted by Gasteiger charge is 2.07. The Morgan fingerprint density at radius 3 is 2.91 bits per heavy atom. The molecule has 0 aromatic carbocycles. The third-order valence-electron chi connectivity index (χ3n) is 3.72. The molecule has 2 aromatic rings. The minimum atomic E-state index is 0.469. The van der Waals surface area contributed by atoms with Crippen LogP contribution < -0.4 is 5.32 Å². The lowest BCUT2D eigenvalue weighted by molar-refractivity contribution is 0.181. The third-order valence-corrected chi connectivity index (χ3v) is 3.72. The summed E-state index contributed by atoms with van der Waals surface area (Å²) in [5.41, 5.74) is 0.852. The Morgan fingerprint density at radius 2 is 2.18 bits per heavy atom. The van der Waals surface area contributed by atoms with Crippen LogP contribution in [0.1, 0.15) is 32.4 Å². The van der Waals surface area contributed by atoms with Crippen molar-refractivity contribution in [2.75, 3.05) is 32.6 Å². The Kier molecular flexibility index (Phi) is 6.09. The number of aromatic nitrogens is 4. The minimum absolute atomic E-state index is 0.469. The Labute approximate surface area is 131 Å². The van der Waals surface area contributed by atoms with Crippen molar-refractivity contribution in [3.05, 3.63) is 18.1 Å². The Morgan fingerprint density at radius 1 is 1.36 bits per heavy atom. The maximum Gasteiger partial charge on any atom is 0.254 e. The summed E-state index contributed by atoms with van der Waals surface area (Å²) in [4.78, 5) is 10.9.